The predicted octanol–water partition coefficient (Wildman–Crippen LogP) is 16.4. The zero-order valence-corrected chi connectivity index (χ0v) is 67.9. The van der Waals surface area contributed by atoms with Crippen LogP contribution in [0.3, 0.4) is 0 Å². The second-order valence-corrected chi connectivity index (χ2v) is 29.8. The minimum absolute atomic E-state index is 0. The van der Waals surface area contributed by atoms with Gasteiger partial charge in [-0.05, 0) is 220 Å². The van der Waals surface area contributed by atoms with Crippen molar-refractivity contribution >= 4 is 127 Å². The van der Waals surface area contributed by atoms with Gasteiger partial charge >= 0.3 is 18.2 Å². The molecule has 0 radical (unpaired) electrons. The molecule has 24 nitrogen and oxygen atoms in total. The van der Waals surface area contributed by atoms with Crippen LogP contribution in [0.25, 0.3) is 43.6 Å². The number of nitrogens with zero attached hydrogens (tertiary/aromatic N) is 11. The number of piperidine rings is 4. The summed E-state index contributed by atoms with van der Waals surface area (Å²) in [5, 5.41) is 21.8. The van der Waals surface area contributed by atoms with E-state index in [1.165, 1.54) is 43.2 Å². The molecule has 606 valence electrons. The number of benzene rings is 6. The Hall–Kier alpha value is -10.7. The fraction of sp³-hybridized carbons (Fsp3) is 0.372. The van der Waals surface area contributed by atoms with Gasteiger partial charge in [-0.25, -0.2) is 54.3 Å². The third kappa shape index (κ3) is 31.0. The molecule has 4 fully saturated rings. The van der Waals surface area contributed by atoms with E-state index in [0.717, 1.165) is 158 Å². The molecule has 8 heterocycles. The van der Waals surface area contributed by atoms with E-state index in [1.807, 2.05) is 155 Å². The van der Waals surface area contributed by atoms with E-state index in [2.05, 4.69) is 81.1 Å². The van der Waals surface area contributed by atoms with Crippen molar-refractivity contribution in [3.05, 3.63) is 230 Å². The number of carboxylic acids is 1. The van der Waals surface area contributed by atoms with Crippen LogP contribution in [0.4, 0.5) is 25.4 Å². The molecule has 6 N–H and O–H groups in total. The number of anilines is 2. The Labute approximate surface area is 685 Å². The van der Waals surface area contributed by atoms with Gasteiger partial charge in [0.15, 0.2) is 0 Å². The number of fused-ring (bicyclic) bond motifs is 4. The topological polar surface area (TPSA) is 316 Å². The number of amides is 5. The molecule has 4 aromatic heterocycles. The number of rotatable bonds is 12. The molecule has 0 saturated carbocycles. The van der Waals surface area contributed by atoms with Gasteiger partial charge in [0, 0.05) is 128 Å². The van der Waals surface area contributed by atoms with Crippen LogP contribution in [-0.2, 0) is 38.3 Å². The number of nitrogens with one attached hydrogen (secondary N) is 3. The van der Waals surface area contributed by atoms with Crippen molar-refractivity contribution in [2.24, 2.45) is 23.5 Å². The molecule has 10 aromatic rings. The lowest BCUT2D eigenvalue weighted by molar-refractivity contribution is -0.112. The zero-order valence-electron chi connectivity index (χ0n) is 66.5. The second-order valence-electron chi connectivity index (χ2n) is 29.4. The lowest BCUT2D eigenvalue weighted by Crippen LogP contribution is -2.47. The highest BCUT2D eigenvalue weighted by atomic mass is 35.5. The van der Waals surface area contributed by atoms with Gasteiger partial charge in [-0.3, -0.25) is 18.8 Å². The molecule has 4 aliphatic rings. The van der Waals surface area contributed by atoms with Crippen LogP contribution < -0.4 is 21.7 Å². The lowest BCUT2D eigenvalue weighted by Gasteiger charge is -2.34. The summed E-state index contributed by atoms with van der Waals surface area (Å²) in [7, 11) is -1.00. The highest BCUT2D eigenvalue weighted by Crippen LogP contribution is 2.26. The number of carbonyl (C=O) groups excluding carboxylic acids is 5. The van der Waals surface area contributed by atoms with Gasteiger partial charge in [0.2, 0.25) is 17.1 Å². The van der Waals surface area contributed by atoms with Gasteiger partial charge in [0.25, 0.3) is 5.91 Å². The Balaban J connectivity index is 0.000000219. The summed E-state index contributed by atoms with van der Waals surface area (Å²) in [6.07, 6.45) is 20.5. The zero-order chi connectivity index (χ0) is 81.3. The Morgan fingerprint density at radius 3 is 1.29 bits per heavy atom. The van der Waals surface area contributed by atoms with Crippen molar-refractivity contribution in [1.29, 1.82) is 0 Å². The van der Waals surface area contributed by atoms with E-state index in [9.17, 15) is 33.2 Å². The largest absolute Gasteiger partial charge is 0.478 e. The highest BCUT2D eigenvalue weighted by Gasteiger charge is 2.30. The maximum atomic E-state index is 13.0. The van der Waals surface area contributed by atoms with E-state index in [0.29, 0.717) is 59.6 Å². The number of alkyl halides is 1. The van der Waals surface area contributed by atoms with Crippen molar-refractivity contribution in [2.75, 3.05) is 70.1 Å². The van der Waals surface area contributed by atoms with Gasteiger partial charge in [0.1, 0.15) is 28.7 Å². The molecular formula is C86H105Cl3FN15O9. The molecule has 5 amide bonds. The number of carboxylic acid groups (broad SMARTS) is 1. The summed E-state index contributed by atoms with van der Waals surface area (Å²) in [5.74, 6) is 2.51. The number of hydrogen-bond acceptors (Lipinski definition) is 18. The number of para-hydroxylation sites is 4. The van der Waals surface area contributed by atoms with Gasteiger partial charge in [-0.1, -0.05) is 86.0 Å². The van der Waals surface area contributed by atoms with Crippen molar-refractivity contribution < 1.29 is 49.1 Å². The van der Waals surface area contributed by atoms with Gasteiger partial charge < -0.3 is 51.0 Å². The van der Waals surface area contributed by atoms with Crippen LogP contribution in [0, 0.1) is 17.8 Å². The molecule has 6 aromatic carbocycles. The number of aromatic nitrogens is 8. The molecule has 4 aliphatic heterocycles. The smallest absolute Gasteiger partial charge is 0.410 e. The maximum absolute atomic E-state index is 13.0. The summed E-state index contributed by atoms with van der Waals surface area (Å²) >= 11 is 5.60. The quantitative estimate of drug-likeness (QED) is 0.0560. The molecule has 28 heteroatoms. The SMILES string of the molecule is C=CC(=O)Nc1ccc(C(=O)N2CCC[C@@H](Cc3ncc4ccccc4n3)C2)cc1.C=CC(=O)Nc1ccc(C(=O)O)cc1.CC(C)(C)OC(=O)N1CCC[C@@H](Cc2ncc3ccccc3n2)C1.CC(C)(C)OC(=O)N1CCC[C@@H](N)C1.Cl.Cl.Clc1ncc2ccccc2n1.[2H]CF.c1ccc2nc(C[C@@H]3CCCNC3)ncc2c1. The fourth-order valence-corrected chi connectivity index (χ4v) is 12.9. The number of aromatic carboxylic acids is 1. The summed E-state index contributed by atoms with van der Waals surface area (Å²) in [6.45, 7) is 24.6. The number of hydrogen-bond donors (Lipinski definition) is 5. The summed E-state index contributed by atoms with van der Waals surface area (Å²) in [4.78, 5) is 110. The Morgan fingerprint density at radius 2 is 0.895 bits per heavy atom. The van der Waals surface area contributed by atoms with E-state index < -0.39 is 24.3 Å². The number of halogens is 4. The van der Waals surface area contributed by atoms with Crippen LogP contribution >= 0.6 is 36.4 Å². The normalized spacial score (nSPS) is 16.4. The van der Waals surface area contributed by atoms with Crippen LogP contribution in [0.15, 0.2) is 196 Å². The molecular weight excluding hydrogens is 1510 g/mol. The summed E-state index contributed by atoms with van der Waals surface area (Å²) in [5.41, 5.74) is 10.8. The third-order valence-electron chi connectivity index (χ3n) is 18.1. The van der Waals surface area contributed by atoms with E-state index in [-0.39, 0.29) is 66.3 Å². The first-order valence-corrected chi connectivity index (χ1v) is 38.0. The van der Waals surface area contributed by atoms with Crippen molar-refractivity contribution in [2.45, 2.75) is 129 Å². The first-order chi connectivity index (χ1) is 54.2. The lowest BCUT2D eigenvalue weighted by atomic mass is 9.94. The first kappa shape index (κ1) is 90.5. The molecule has 0 unspecified atom stereocenters. The molecule has 0 aliphatic carbocycles. The molecule has 14 rings (SSSR count). The Kier molecular flexibility index (Phi) is 36.9. The monoisotopic (exact) mass is 1620 g/mol. The fourth-order valence-electron chi connectivity index (χ4n) is 12.8. The summed E-state index contributed by atoms with van der Waals surface area (Å²) in [6, 6.07) is 44.8. The maximum Gasteiger partial charge on any atom is 0.410 e. The average Bonchev–Trinajstić information content (AvgIpc) is 0.842. The Bertz CT molecular complexity index is 4790. The molecule has 4 atom stereocenters. The minimum atomic E-state index is -1.00. The van der Waals surface area contributed by atoms with Crippen LogP contribution in [0.1, 0.15) is 132 Å². The summed E-state index contributed by atoms with van der Waals surface area (Å²) < 4.78 is 26.2. The highest BCUT2D eigenvalue weighted by molar-refractivity contribution is 6.28. The Morgan fingerprint density at radius 1 is 0.535 bits per heavy atom. The molecule has 0 bridgehead atoms. The van der Waals surface area contributed by atoms with Crippen molar-refractivity contribution in [1.82, 2.24) is 59.9 Å². The molecule has 114 heavy (non-hydrogen) atoms. The van der Waals surface area contributed by atoms with E-state index >= 15 is 0 Å². The van der Waals surface area contributed by atoms with Gasteiger partial charge in [0.05, 0.1) is 36.2 Å². The van der Waals surface area contributed by atoms with Crippen LogP contribution in [0.2, 0.25) is 5.28 Å². The molecule has 4 saturated heterocycles. The van der Waals surface area contributed by atoms with E-state index in [4.69, 9.17) is 33.3 Å². The minimum Gasteiger partial charge on any atom is -0.478 e. The number of carbonyl (C=O) groups is 6. The van der Waals surface area contributed by atoms with Crippen molar-refractivity contribution in [3.63, 3.8) is 0 Å². The van der Waals surface area contributed by atoms with Gasteiger partial charge in [-0.2, -0.15) is 0 Å². The van der Waals surface area contributed by atoms with Gasteiger partial charge in [-0.15, -0.1) is 24.8 Å². The second kappa shape index (κ2) is 46.5. The van der Waals surface area contributed by atoms with Crippen LogP contribution in [-0.4, -0.2) is 172 Å². The standard InChI is InChI=1S/C24H24N4O2.C19H25N3O2.C14H17N3.C10H20N2O2.C10H9NO3.C8H5ClN2.CH3F.2ClH/c1-2-23(29)26-20-11-9-18(10-12-20)24(30)28-13-5-6-17(16-28)14-22-25-15-19-7-3-4-8-21(19)27-22;1-19(2,3)24-18(23)22-10-6-7-14(13-22)11-17-20-12-15-8-4-5-9-16(15)21-17;1-2-6-13-12(5-1)10-16-14(17-13)8-11-4-3-7-15-9-11;1-10(2,3)14-9(13)12-6-4-5-8(11)7-12;1-2-9(12)11-8-5-3-7(4-6-8)10(13)14;9-8-10-5-6-3-1-2-4-7(6)11-8;1-2;;/h2-4,7-12,15,17H,1,5-6,13-14,16H2,(H,26,29);4-5,8-9,12,14H,6-7,10-11,13H2,1-3H3;1-2,5-6,10-11,15H,3-4,7-9H2;8H,4-7,11H2,1-3H3;2-6H,1H2,(H,11,12)(H,13,14);1-5H;1H3;2*1H/t17-;14-;11-;8-;;;;;/m0001...../s1/i;;;;;;1D;;. The van der Waals surface area contributed by atoms with Crippen molar-refractivity contribution in [3.8, 4) is 0 Å². The first-order valence-electron chi connectivity index (χ1n) is 38.3. The number of ether oxygens (including phenoxy) is 2. The third-order valence-corrected chi connectivity index (χ3v) is 18.3. The average molecular weight is 1620 g/mol. The predicted molar refractivity (Wildman–Crippen MR) is 453 cm³/mol. The molecule has 0 spiro atoms. The van der Waals surface area contributed by atoms with Crippen LogP contribution in [0.5, 0.6) is 0 Å². The number of likely N-dealkylation sites (tertiary alicyclic amines) is 3. The van der Waals surface area contributed by atoms with E-state index in [1.54, 1.807) is 35.4 Å². The number of nitrogens with two attached hydrogens (primary N) is 1.